The van der Waals surface area contributed by atoms with Crippen LogP contribution in [0.25, 0.3) is 11.0 Å². The highest BCUT2D eigenvalue weighted by Crippen LogP contribution is 2.40. The van der Waals surface area contributed by atoms with Crippen LogP contribution in [0, 0.1) is 5.82 Å². The van der Waals surface area contributed by atoms with E-state index in [0.717, 1.165) is 29.7 Å². The lowest BCUT2D eigenvalue weighted by Crippen LogP contribution is -2.17. The van der Waals surface area contributed by atoms with E-state index in [-0.39, 0.29) is 11.9 Å². The van der Waals surface area contributed by atoms with E-state index in [1.165, 1.54) is 6.07 Å². The van der Waals surface area contributed by atoms with Crippen molar-refractivity contribution >= 4 is 11.0 Å². The molecule has 3 aromatic rings. The maximum absolute atomic E-state index is 14.0. The van der Waals surface area contributed by atoms with Gasteiger partial charge in [-0.25, -0.2) is 9.37 Å². The molecule has 0 spiro atoms. The third-order valence-electron chi connectivity index (χ3n) is 4.05. The van der Waals surface area contributed by atoms with Gasteiger partial charge in [0.05, 0.1) is 11.6 Å². The molecule has 0 amide bonds. The molecule has 1 fully saturated rings. The van der Waals surface area contributed by atoms with E-state index < -0.39 is 0 Å². The summed E-state index contributed by atoms with van der Waals surface area (Å²) in [6.45, 7) is 0. The quantitative estimate of drug-likeness (QED) is 0.797. The van der Waals surface area contributed by atoms with Crippen molar-refractivity contribution in [1.82, 2.24) is 9.55 Å². The van der Waals surface area contributed by atoms with E-state index in [0.29, 0.717) is 11.6 Å². The monoisotopic (exact) mass is 281 g/mol. The molecule has 1 unspecified atom stereocenters. The highest BCUT2D eigenvalue weighted by atomic mass is 19.1. The van der Waals surface area contributed by atoms with Crippen molar-refractivity contribution in [2.75, 3.05) is 0 Å². The molecule has 0 saturated heterocycles. The summed E-state index contributed by atoms with van der Waals surface area (Å²) in [6.07, 6.45) is 2.22. The van der Waals surface area contributed by atoms with E-state index in [1.54, 1.807) is 6.07 Å². The molecule has 4 heteroatoms. The molecule has 1 aromatic heterocycles. The van der Waals surface area contributed by atoms with Gasteiger partial charge in [-0.2, -0.15) is 0 Å². The molecule has 1 heterocycles. The number of imidazole rings is 1. The molecule has 4 rings (SSSR count). The maximum Gasteiger partial charge on any atom is 0.151 e. The van der Waals surface area contributed by atoms with Gasteiger partial charge in [0.2, 0.25) is 0 Å². The maximum atomic E-state index is 14.0. The topological polar surface area (TPSA) is 43.8 Å². The lowest BCUT2D eigenvalue weighted by molar-refractivity contribution is 0.636. The van der Waals surface area contributed by atoms with Gasteiger partial charge in [-0.3, -0.25) is 0 Å². The van der Waals surface area contributed by atoms with Crippen molar-refractivity contribution < 1.29 is 4.39 Å². The first kappa shape index (κ1) is 12.5. The first-order valence-corrected chi connectivity index (χ1v) is 7.22. The molecule has 2 N–H and O–H groups in total. The Morgan fingerprint density at radius 1 is 1.10 bits per heavy atom. The van der Waals surface area contributed by atoms with E-state index in [2.05, 4.69) is 9.55 Å². The summed E-state index contributed by atoms with van der Waals surface area (Å²) in [4.78, 5) is 4.51. The number of hydrogen-bond donors (Lipinski definition) is 1. The average Bonchev–Trinajstić information content (AvgIpc) is 3.28. The summed E-state index contributed by atoms with van der Waals surface area (Å²) < 4.78 is 16.1. The minimum Gasteiger partial charge on any atom is -0.323 e. The van der Waals surface area contributed by atoms with Gasteiger partial charge in [0.15, 0.2) is 5.82 Å². The van der Waals surface area contributed by atoms with Crippen LogP contribution in [0.2, 0.25) is 0 Å². The van der Waals surface area contributed by atoms with Crippen LogP contribution < -0.4 is 5.73 Å². The van der Waals surface area contributed by atoms with E-state index in [1.807, 2.05) is 36.4 Å². The van der Waals surface area contributed by atoms with Gasteiger partial charge < -0.3 is 10.3 Å². The van der Waals surface area contributed by atoms with Crippen molar-refractivity contribution in [1.29, 1.82) is 0 Å². The number of nitrogens with two attached hydrogens (primary N) is 1. The smallest absolute Gasteiger partial charge is 0.151 e. The van der Waals surface area contributed by atoms with Crippen LogP contribution in [0.1, 0.15) is 36.3 Å². The Morgan fingerprint density at radius 3 is 2.57 bits per heavy atom. The largest absolute Gasteiger partial charge is 0.323 e. The van der Waals surface area contributed by atoms with Gasteiger partial charge in [0.1, 0.15) is 11.3 Å². The standard InChI is InChI=1S/C17H16FN3/c18-13-7-4-8-14-16(13)20-17(21(14)12-9-10-12)15(19)11-5-2-1-3-6-11/h1-8,12,15H,9-10,19H2. The lowest BCUT2D eigenvalue weighted by Gasteiger charge is -2.14. The number of fused-ring (bicyclic) bond motifs is 1. The minimum atomic E-state index is -0.335. The SMILES string of the molecule is NC(c1ccccc1)c1nc2c(F)cccc2n1C1CC1. The number of halogens is 1. The van der Waals surface area contributed by atoms with Gasteiger partial charge in [-0.1, -0.05) is 36.4 Å². The van der Waals surface area contributed by atoms with Crippen LogP contribution in [-0.4, -0.2) is 9.55 Å². The van der Waals surface area contributed by atoms with Crippen molar-refractivity contribution in [2.45, 2.75) is 24.9 Å². The van der Waals surface area contributed by atoms with Crippen LogP contribution in [0.5, 0.6) is 0 Å². The van der Waals surface area contributed by atoms with E-state index in [9.17, 15) is 4.39 Å². The second-order valence-electron chi connectivity index (χ2n) is 5.57. The zero-order valence-electron chi connectivity index (χ0n) is 11.5. The van der Waals surface area contributed by atoms with Crippen LogP contribution in [0.3, 0.4) is 0 Å². The molecule has 0 aliphatic heterocycles. The Kier molecular flexibility index (Phi) is 2.79. The molecule has 3 nitrogen and oxygen atoms in total. The molecule has 106 valence electrons. The number of nitrogens with zero attached hydrogens (tertiary/aromatic N) is 2. The Bertz CT molecular complexity index is 790. The predicted octanol–water partition coefficient (Wildman–Crippen LogP) is 3.56. The van der Waals surface area contributed by atoms with Crippen LogP contribution in [0.15, 0.2) is 48.5 Å². The first-order chi connectivity index (χ1) is 10.3. The summed E-state index contributed by atoms with van der Waals surface area (Å²) in [5, 5.41) is 0. The fraction of sp³-hybridized carbons (Fsp3) is 0.235. The number of para-hydroxylation sites is 1. The van der Waals surface area contributed by atoms with Crippen LogP contribution >= 0.6 is 0 Å². The summed E-state index contributed by atoms with van der Waals surface area (Å²) >= 11 is 0. The molecule has 2 aromatic carbocycles. The number of benzene rings is 2. The number of rotatable bonds is 3. The molecule has 0 radical (unpaired) electrons. The average molecular weight is 281 g/mol. The van der Waals surface area contributed by atoms with Crippen LogP contribution in [-0.2, 0) is 0 Å². The Labute approximate surface area is 122 Å². The molecule has 0 bridgehead atoms. The fourth-order valence-electron chi connectivity index (χ4n) is 2.85. The number of aromatic nitrogens is 2. The van der Waals surface area contributed by atoms with Crippen molar-refractivity contribution in [3.63, 3.8) is 0 Å². The molecule has 1 aliphatic carbocycles. The zero-order valence-corrected chi connectivity index (χ0v) is 11.5. The zero-order chi connectivity index (χ0) is 14.4. The fourth-order valence-corrected chi connectivity index (χ4v) is 2.85. The first-order valence-electron chi connectivity index (χ1n) is 7.22. The van der Waals surface area contributed by atoms with Crippen molar-refractivity contribution in [3.8, 4) is 0 Å². The number of hydrogen-bond acceptors (Lipinski definition) is 2. The van der Waals surface area contributed by atoms with Gasteiger partial charge in [-0.15, -0.1) is 0 Å². The van der Waals surface area contributed by atoms with Crippen molar-refractivity contribution in [3.05, 3.63) is 65.7 Å². The minimum absolute atomic E-state index is 0.284. The Morgan fingerprint density at radius 2 is 1.86 bits per heavy atom. The van der Waals surface area contributed by atoms with Gasteiger partial charge in [0, 0.05) is 6.04 Å². The summed E-state index contributed by atoms with van der Waals surface area (Å²) in [5.74, 6) is 0.470. The molecular formula is C17H16FN3. The Balaban J connectivity index is 1.92. The summed E-state index contributed by atoms with van der Waals surface area (Å²) in [5.41, 5.74) is 8.65. The second kappa shape index (κ2) is 4.67. The van der Waals surface area contributed by atoms with Gasteiger partial charge in [0.25, 0.3) is 0 Å². The Hall–Kier alpha value is -2.20. The lowest BCUT2D eigenvalue weighted by atomic mass is 10.1. The molecule has 1 atom stereocenters. The molecule has 1 aliphatic rings. The van der Waals surface area contributed by atoms with Gasteiger partial charge in [-0.05, 0) is 30.5 Å². The van der Waals surface area contributed by atoms with Crippen LogP contribution in [0.4, 0.5) is 4.39 Å². The third-order valence-corrected chi connectivity index (χ3v) is 4.05. The van der Waals surface area contributed by atoms with Crippen molar-refractivity contribution in [2.24, 2.45) is 5.73 Å². The summed E-state index contributed by atoms with van der Waals surface area (Å²) in [7, 11) is 0. The third kappa shape index (κ3) is 2.03. The normalized spacial score (nSPS) is 16.3. The predicted molar refractivity (Wildman–Crippen MR) is 80.4 cm³/mol. The molecular weight excluding hydrogens is 265 g/mol. The van der Waals surface area contributed by atoms with E-state index >= 15 is 0 Å². The highest BCUT2D eigenvalue weighted by molar-refractivity contribution is 5.77. The second-order valence-corrected chi connectivity index (χ2v) is 5.57. The molecule has 21 heavy (non-hydrogen) atoms. The summed E-state index contributed by atoms with van der Waals surface area (Å²) in [6, 6.07) is 15.0. The van der Waals surface area contributed by atoms with Gasteiger partial charge >= 0.3 is 0 Å². The van der Waals surface area contributed by atoms with E-state index in [4.69, 9.17) is 5.73 Å². The molecule has 1 saturated carbocycles. The highest BCUT2D eigenvalue weighted by Gasteiger charge is 2.31.